The van der Waals surface area contributed by atoms with Crippen LogP contribution in [0.2, 0.25) is 0 Å². The third-order valence-electron chi connectivity index (χ3n) is 1.92. The first-order valence-electron chi connectivity index (χ1n) is 4.01. The Morgan fingerprint density at radius 1 is 1.54 bits per heavy atom. The van der Waals surface area contributed by atoms with Gasteiger partial charge in [-0.1, -0.05) is 6.92 Å². The Balaban J connectivity index is 3.46. The van der Waals surface area contributed by atoms with Crippen molar-refractivity contribution < 1.29 is 14.3 Å². The lowest BCUT2D eigenvalue weighted by molar-refractivity contribution is 0.329. The minimum absolute atomic E-state index is 0.129. The molecule has 0 aliphatic heterocycles. The van der Waals surface area contributed by atoms with Gasteiger partial charge in [0.2, 0.25) is 5.75 Å². The highest BCUT2D eigenvalue weighted by molar-refractivity contribution is 5.43. The molecule has 0 spiro atoms. The molecule has 0 saturated carbocycles. The largest absolute Gasteiger partial charge is 0.504 e. The van der Waals surface area contributed by atoms with Crippen molar-refractivity contribution in [1.29, 1.82) is 0 Å². The van der Waals surface area contributed by atoms with Crippen molar-refractivity contribution in [3.05, 3.63) is 21.7 Å². The Bertz CT molecular complexity index is 365. The van der Waals surface area contributed by atoms with Crippen LogP contribution in [0.15, 0.2) is 9.21 Å². The van der Waals surface area contributed by atoms with Gasteiger partial charge in [-0.25, -0.2) is 4.79 Å². The highest BCUT2D eigenvalue weighted by atomic mass is 16.5. The van der Waals surface area contributed by atoms with E-state index in [9.17, 15) is 9.90 Å². The van der Waals surface area contributed by atoms with E-state index in [4.69, 9.17) is 9.15 Å². The predicted octanol–water partition coefficient (Wildman–Crippen LogP) is 1.22. The molecule has 1 heterocycles. The number of ether oxygens (including phenoxy) is 1. The Morgan fingerprint density at radius 3 is 2.62 bits per heavy atom. The van der Waals surface area contributed by atoms with Crippen molar-refractivity contribution in [2.45, 2.75) is 20.3 Å². The van der Waals surface area contributed by atoms with Crippen molar-refractivity contribution in [1.82, 2.24) is 0 Å². The quantitative estimate of drug-likeness (QED) is 0.750. The second-order valence-corrected chi connectivity index (χ2v) is 2.67. The van der Waals surface area contributed by atoms with Crippen LogP contribution < -0.4 is 10.4 Å². The fourth-order valence-corrected chi connectivity index (χ4v) is 1.15. The summed E-state index contributed by atoms with van der Waals surface area (Å²) in [7, 11) is 1.32. The van der Waals surface area contributed by atoms with Gasteiger partial charge in [0, 0.05) is 12.0 Å². The summed E-state index contributed by atoms with van der Waals surface area (Å²) in [6.45, 7) is 3.52. The van der Waals surface area contributed by atoms with E-state index < -0.39 is 5.63 Å². The SMILES string of the molecule is CCc1oc(=O)c(OC)c(O)c1C. The Kier molecular flexibility index (Phi) is 2.60. The van der Waals surface area contributed by atoms with Crippen molar-refractivity contribution >= 4 is 0 Å². The van der Waals surface area contributed by atoms with Gasteiger partial charge in [0.25, 0.3) is 0 Å². The summed E-state index contributed by atoms with van der Waals surface area (Å²) in [5, 5.41) is 9.51. The van der Waals surface area contributed by atoms with Gasteiger partial charge in [0.1, 0.15) is 5.76 Å². The Labute approximate surface area is 75.8 Å². The average Bonchev–Trinajstić information content (AvgIpc) is 2.12. The van der Waals surface area contributed by atoms with E-state index in [2.05, 4.69) is 0 Å². The number of aryl methyl sites for hydroxylation is 1. The normalized spacial score (nSPS) is 10.1. The van der Waals surface area contributed by atoms with E-state index in [0.29, 0.717) is 17.7 Å². The van der Waals surface area contributed by atoms with Crippen molar-refractivity contribution in [2.75, 3.05) is 7.11 Å². The minimum atomic E-state index is -0.637. The summed E-state index contributed by atoms with van der Waals surface area (Å²) in [5.41, 5.74) is -0.0820. The average molecular weight is 184 g/mol. The molecule has 0 radical (unpaired) electrons. The molecule has 0 amide bonds. The molecule has 72 valence electrons. The Hall–Kier alpha value is -1.45. The van der Waals surface area contributed by atoms with Crippen LogP contribution in [-0.4, -0.2) is 12.2 Å². The van der Waals surface area contributed by atoms with Gasteiger partial charge in [-0.15, -0.1) is 0 Å². The molecule has 1 rings (SSSR count). The molecule has 13 heavy (non-hydrogen) atoms. The third kappa shape index (κ3) is 1.52. The van der Waals surface area contributed by atoms with E-state index >= 15 is 0 Å². The van der Waals surface area contributed by atoms with Crippen LogP contribution in [0.5, 0.6) is 11.5 Å². The van der Waals surface area contributed by atoms with Crippen LogP contribution in [0.1, 0.15) is 18.2 Å². The fourth-order valence-electron chi connectivity index (χ4n) is 1.15. The molecular formula is C9H12O4. The van der Waals surface area contributed by atoms with Gasteiger partial charge in [0.15, 0.2) is 5.75 Å². The maximum absolute atomic E-state index is 11.2. The summed E-state index contributed by atoms with van der Waals surface area (Å²) in [6.07, 6.45) is 0.568. The second-order valence-electron chi connectivity index (χ2n) is 2.67. The van der Waals surface area contributed by atoms with E-state index in [1.165, 1.54) is 7.11 Å². The molecule has 1 aromatic heterocycles. The lowest BCUT2D eigenvalue weighted by Gasteiger charge is -2.06. The molecule has 1 N–H and O–H groups in total. The van der Waals surface area contributed by atoms with Gasteiger partial charge in [-0.05, 0) is 6.92 Å². The van der Waals surface area contributed by atoms with E-state index in [1.807, 2.05) is 6.92 Å². The van der Waals surface area contributed by atoms with E-state index in [-0.39, 0.29) is 11.5 Å². The van der Waals surface area contributed by atoms with Crippen molar-refractivity contribution in [2.24, 2.45) is 0 Å². The smallest absolute Gasteiger partial charge is 0.382 e. The molecule has 0 bridgehead atoms. The van der Waals surface area contributed by atoms with Crippen LogP contribution in [0.3, 0.4) is 0 Å². The molecule has 0 aliphatic rings. The van der Waals surface area contributed by atoms with Crippen LogP contribution in [-0.2, 0) is 6.42 Å². The highest BCUT2D eigenvalue weighted by Gasteiger charge is 2.15. The van der Waals surface area contributed by atoms with E-state index in [1.54, 1.807) is 6.92 Å². The topological polar surface area (TPSA) is 59.7 Å². The zero-order chi connectivity index (χ0) is 10.0. The minimum Gasteiger partial charge on any atom is -0.504 e. The fraction of sp³-hybridized carbons (Fsp3) is 0.444. The third-order valence-corrected chi connectivity index (χ3v) is 1.92. The molecule has 0 saturated heterocycles. The molecule has 1 aromatic rings. The van der Waals surface area contributed by atoms with E-state index in [0.717, 1.165) is 0 Å². The molecule has 0 aromatic carbocycles. The molecule has 0 atom stereocenters. The first-order chi connectivity index (χ1) is 6.11. The number of hydrogen-bond acceptors (Lipinski definition) is 4. The first-order valence-corrected chi connectivity index (χ1v) is 4.01. The summed E-state index contributed by atoms with van der Waals surface area (Å²) in [4.78, 5) is 11.2. The standard InChI is InChI=1S/C9H12O4/c1-4-6-5(2)7(10)8(12-3)9(11)13-6/h10H,4H2,1-3H3. The van der Waals surface area contributed by atoms with Crippen LogP contribution in [0.25, 0.3) is 0 Å². The summed E-state index contributed by atoms with van der Waals surface area (Å²) in [5.74, 6) is 0.230. The van der Waals surface area contributed by atoms with Gasteiger partial charge in [0.05, 0.1) is 7.11 Å². The van der Waals surface area contributed by atoms with Crippen molar-refractivity contribution in [3.63, 3.8) is 0 Å². The Morgan fingerprint density at radius 2 is 2.15 bits per heavy atom. The lowest BCUT2D eigenvalue weighted by atomic mass is 10.2. The van der Waals surface area contributed by atoms with Gasteiger partial charge in [-0.2, -0.15) is 0 Å². The number of methoxy groups -OCH3 is 1. The summed E-state index contributed by atoms with van der Waals surface area (Å²) >= 11 is 0. The molecule has 4 nitrogen and oxygen atoms in total. The molecule has 0 aliphatic carbocycles. The number of aromatic hydroxyl groups is 1. The van der Waals surface area contributed by atoms with Crippen LogP contribution >= 0.6 is 0 Å². The number of hydrogen-bond donors (Lipinski definition) is 1. The zero-order valence-electron chi connectivity index (χ0n) is 7.88. The molecule has 0 unspecified atom stereocenters. The summed E-state index contributed by atoms with van der Waals surface area (Å²) in [6, 6.07) is 0. The van der Waals surface area contributed by atoms with Crippen LogP contribution in [0.4, 0.5) is 0 Å². The van der Waals surface area contributed by atoms with Gasteiger partial charge < -0.3 is 14.3 Å². The maximum atomic E-state index is 11.2. The second kappa shape index (κ2) is 3.51. The zero-order valence-corrected chi connectivity index (χ0v) is 7.88. The van der Waals surface area contributed by atoms with Gasteiger partial charge in [-0.3, -0.25) is 0 Å². The summed E-state index contributed by atoms with van der Waals surface area (Å²) < 4.78 is 9.62. The lowest BCUT2D eigenvalue weighted by Crippen LogP contribution is -2.07. The van der Waals surface area contributed by atoms with Gasteiger partial charge >= 0.3 is 5.63 Å². The maximum Gasteiger partial charge on any atom is 0.382 e. The predicted molar refractivity (Wildman–Crippen MR) is 47.3 cm³/mol. The first kappa shape index (κ1) is 9.64. The van der Waals surface area contributed by atoms with Crippen LogP contribution in [0, 0.1) is 6.92 Å². The number of rotatable bonds is 2. The monoisotopic (exact) mass is 184 g/mol. The van der Waals surface area contributed by atoms with Crippen molar-refractivity contribution in [3.8, 4) is 11.5 Å². The molecule has 4 heteroatoms. The highest BCUT2D eigenvalue weighted by Crippen LogP contribution is 2.27. The molecular weight excluding hydrogens is 172 g/mol. The molecule has 0 fully saturated rings.